The molecule has 0 spiro atoms. The van der Waals surface area contributed by atoms with E-state index in [1.54, 1.807) is 14.1 Å². The molecule has 0 saturated carbocycles. The fourth-order valence-electron chi connectivity index (χ4n) is 2.42. The third kappa shape index (κ3) is 3.15. The topological polar surface area (TPSA) is 117 Å². The Morgan fingerprint density at radius 2 is 2.04 bits per heavy atom. The third-order valence-electron chi connectivity index (χ3n) is 3.68. The summed E-state index contributed by atoms with van der Waals surface area (Å²) in [6, 6.07) is 1.82. The van der Waals surface area contributed by atoms with Crippen LogP contribution in [0.3, 0.4) is 0 Å². The number of aromatic nitrogens is 2. The van der Waals surface area contributed by atoms with E-state index >= 15 is 0 Å². The maximum Gasteiger partial charge on any atom is 0.331 e. The zero-order valence-electron chi connectivity index (χ0n) is 13.0. The fraction of sp³-hybridized carbons (Fsp3) is 0.500. The molecule has 0 aliphatic carbocycles. The smallest absolute Gasteiger partial charge is 0.331 e. The second-order valence-corrected chi connectivity index (χ2v) is 5.43. The van der Waals surface area contributed by atoms with Gasteiger partial charge in [-0.1, -0.05) is 0 Å². The van der Waals surface area contributed by atoms with Crippen LogP contribution in [-0.2, 0) is 29.1 Å². The number of amides is 2. The van der Waals surface area contributed by atoms with Crippen LogP contribution in [0.25, 0.3) is 0 Å². The molecule has 0 bridgehead atoms. The molecule has 1 aliphatic rings. The summed E-state index contributed by atoms with van der Waals surface area (Å²) in [7, 11) is 3.09. The lowest BCUT2D eigenvalue weighted by Crippen LogP contribution is -2.46. The molecule has 0 unspecified atom stereocenters. The van der Waals surface area contributed by atoms with Crippen LogP contribution >= 0.6 is 0 Å². The van der Waals surface area contributed by atoms with E-state index in [1.165, 1.54) is 9.47 Å². The number of nitrogens with zero attached hydrogens (tertiary/aromatic N) is 4. The Bertz CT molecular complexity index is 812. The second-order valence-electron chi connectivity index (χ2n) is 5.43. The Morgan fingerprint density at radius 1 is 1.35 bits per heavy atom. The first kappa shape index (κ1) is 16.5. The van der Waals surface area contributed by atoms with Crippen LogP contribution in [0.4, 0.5) is 0 Å². The molecule has 9 nitrogen and oxygen atoms in total. The van der Waals surface area contributed by atoms with Gasteiger partial charge in [0, 0.05) is 26.3 Å². The fourth-order valence-corrected chi connectivity index (χ4v) is 2.42. The summed E-state index contributed by atoms with van der Waals surface area (Å²) >= 11 is 0. The number of rotatable bonds is 4. The minimum Gasteiger partial charge on any atom is -0.347 e. The monoisotopic (exact) mass is 319 g/mol. The molecule has 1 aliphatic heterocycles. The van der Waals surface area contributed by atoms with Crippen molar-refractivity contribution in [1.82, 2.24) is 19.4 Å². The number of fused-ring (bicyclic) bond motifs is 1. The molecule has 2 heterocycles. The normalized spacial score (nSPS) is 12.4. The van der Waals surface area contributed by atoms with Gasteiger partial charge in [-0.3, -0.25) is 19.0 Å². The summed E-state index contributed by atoms with van der Waals surface area (Å²) in [4.78, 5) is 49.1. The van der Waals surface area contributed by atoms with Crippen LogP contribution in [0.2, 0.25) is 0 Å². The standard InChI is InChI=1S/C14H17N5O4/c1-17(2)12(21)7-16-11(20)8-19-13(22)9(6-15)10-4-3-5-18(10)14(19)23/h3-5,7-8H2,1-2H3,(H,16,20). The van der Waals surface area contributed by atoms with Crippen molar-refractivity contribution in [2.75, 3.05) is 20.6 Å². The number of carbonyl (C=O) groups is 2. The van der Waals surface area contributed by atoms with E-state index in [-0.39, 0.29) is 18.0 Å². The molecule has 0 atom stereocenters. The summed E-state index contributed by atoms with van der Waals surface area (Å²) in [5.74, 6) is -0.948. The first-order valence-electron chi connectivity index (χ1n) is 7.10. The van der Waals surface area contributed by atoms with Gasteiger partial charge in [0.25, 0.3) is 5.56 Å². The van der Waals surface area contributed by atoms with Crippen LogP contribution in [-0.4, -0.2) is 46.5 Å². The van der Waals surface area contributed by atoms with Gasteiger partial charge >= 0.3 is 5.69 Å². The molecule has 0 radical (unpaired) electrons. The van der Waals surface area contributed by atoms with Crippen molar-refractivity contribution in [3.63, 3.8) is 0 Å². The molecule has 2 amide bonds. The molecule has 1 N–H and O–H groups in total. The zero-order valence-corrected chi connectivity index (χ0v) is 13.0. The Balaban J connectivity index is 2.26. The average molecular weight is 319 g/mol. The molecule has 0 aromatic carbocycles. The van der Waals surface area contributed by atoms with Crippen molar-refractivity contribution in [2.45, 2.75) is 25.9 Å². The highest BCUT2D eigenvalue weighted by Crippen LogP contribution is 2.12. The molecule has 2 rings (SSSR count). The SMILES string of the molecule is CN(C)C(=O)CNC(=O)Cn1c(=O)c(C#N)c2n(c1=O)CCC2. The molecule has 23 heavy (non-hydrogen) atoms. The van der Waals surface area contributed by atoms with Gasteiger partial charge in [0.15, 0.2) is 0 Å². The molecule has 9 heteroatoms. The third-order valence-corrected chi connectivity index (χ3v) is 3.68. The summed E-state index contributed by atoms with van der Waals surface area (Å²) in [6.07, 6.45) is 1.18. The lowest BCUT2D eigenvalue weighted by molar-refractivity contribution is -0.131. The maximum absolute atomic E-state index is 12.3. The molecular formula is C14H17N5O4. The van der Waals surface area contributed by atoms with Gasteiger partial charge in [-0.15, -0.1) is 0 Å². The lowest BCUT2D eigenvalue weighted by Gasteiger charge is -2.12. The van der Waals surface area contributed by atoms with Crippen molar-refractivity contribution in [1.29, 1.82) is 5.26 Å². The van der Waals surface area contributed by atoms with Crippen LogP contribution in [0, 0.1) is 11.3 Å². The van der Waals surface area contributed by atoms with Gasteiger partial charge in [-0.2, -0.15) is 5.26 Å². The number of hydrogen-bond acceptors (Lipinski definition) is 5. The highest BCUT2D eigenvalue weighted by Gasteiger charge is 2.23. The van der Waals surface area contributed by atoms with Gasteiger partial charge < -0.3 is 10.2 Å². The Kier molecular flexibility index (Phi) is 4.64. The highest BCUT2D eigenvalue weighted by atomic mass is 16.2. The second kappa shape index (κ2) is 6.48. The predicted octanol–water partition coefficient (Wildman–Crippen LogP) is -1.97. The molecule has 0 saturated heterocycles. The van der Waals surface area contributed by atoms with Gasteiger partial charge in [0.1, 0.15) is 18.2 Å². The largest absolute Gasteiger partial charge is 0.347 e. The zero-order chi connectivity index (χ0) is 17.1. The predicted molar refractivity (Wildman–Crippen MR) is 79.7 cm³/mol. The number of nitriles is 1. The summed E-state index contributed by atoms with van der Waals surface area (Å²) in [5, 5.41) is 11.5. The van der Waals surface area contributed by atoms with E-state index in [2.05, 4.69) is 5.32 Å². The van der Waals surface area contributed by atoms with Crippen molar-refractivity contribution in [2.24, 2.45) is 0 Å². The van der Waals surface area contributed by atoms with Crippen molar-refractivity contribution < 1.29 is 9.59 Å². The molecule has 1 aromatic rings. The molecule has 122 valence electrons. The minimum absolute atomic E-state index is 0.0979. The van der Waals surface area contributed by atoms with Gasteiger partial charge in [-0.05, 0) is 12.8 Å². The van der Waals surface area contributed by atoms with Crippen molar-refractivity contribution in [3.05, 3.63) is 32.1 Å². The van der Waals surface area contributed by atoms with Crippen LogP contribution in [0.1, 0.15) is 17.7 Å². The highest BCUT2D eigenvalue weighted by molar-refractivity contribution is 5.84. The van der Waals surface area contributed by atoms with E-state index in [9.17, 15) is 19.2 Å². The van der Waals surface area contributed by atoms with E-state index in [1.807, 2.05) is 6.07 Å². The Labute approximate surface area is 131 Å². The summed E-state index contributed by atoms with van der Waals surface area (Å²) in [5.41, 5.74) is -1.03. The Morgan fingerprint density at radius 3 is 2.65 bits per heavy atom. The minimum atomic E-state index is -0.764. The van der Waals surface area contributed by atoms with Crippen LogP contribution in [0.5, 0.6) is 0 Å². The number of carbonyl (C=O) groups excluding carboxylic acids is 2. The van der Waals surface area contributed by atoms with E-state index in [0.717, 1.165) is 4.57 Å². The van der Waals surface area contributed by atoms with E-state index < -0.39 is 23.7 Å². The van der Waals surface area contributed by atoms with Gasteiger partial charge in [-0.25, -0.2) is 9.36 Å². The quantitative estimate of drug-likeness (QED) is 0.691. The number of likely N-dealkylation sites (N-methyl/N-ethyl adjacent to an activating group) is 1. The van der Waals surface area contributed by atoms with Crippen molar-refractivity contribution in [3.8, 4) is 6.07 Å². The number of hydrogen-bond donors (Lipinski definition) is 1. The summed E-state index contributed by atoms with van der Waals surface area (Å²) in [6.45, 7) is -0.324. The first-order chi connectivity index (χ1) is 10.9. The maximum atomic E-state index is 12.3. The molecule has 1 aromatic heterocycles. The average Bonchev–Trinajstić information content (AvgIpc) is 2.99. The van der Waals surface area contributed by atoms with Gasteiger partial charge in [0.2, 0.25) is 11.8 Å². The first-order valence-corrected chi connectivity index (χ1v) is 7.10. The van der Waals surface area contributed by atoms with E-state index in [4.69, 9.17) is 5.26 Å². The van der Waals surface area contributed by atoms with Crippen LogP contribution < -0.4 is 16.6 Å². The van der Waals surface area contributed by atoms with E-state index in [0.29, 0.717) is 25.1 Å². The summed E-state index contributed by atoms with van der Waals surface area (Å²) < 4.78 is 2.10. The Hall–Kier alpha value is -2.89. The number of nitrogens with one attached hydrogen (secondary N) is 1. The van der Waals surface area contributed by atoms with Crippen molar-refractivity contribution >= 4 is 11.8 Å². The molecule has 0 fully saturated rings. The van der Waals surface area contributed by atoms with Gasteiger partial charge in [0.05, 0.1) is 6.54 Å². The lowest BCUT2D eigenvalue weighted by atomic mass is 10.2. The molecular weight excluding hydrogens is 302 g/mol. The van der Waals surface area contributed by atoms with Crippen LogP contribution in [0.15, 0.2) is 9.59 Å².